The fourth-order valence-electron chi connectivity index (χ4n) is 2.48. The van der Waals surface area contributed by atoms with Gasteiger partial charge in [-0.2, -0.15) is 0 Å². The van der Waals surface area contributed by atoms with Gasteiger partial charge in [-0.3, -0.25) is 0 Å². The molecule has 8 heteroatoms. The van der Waals surface area contributed by atoms with E-state index >= 15 is 0 Å². The average molecular weight is 402 g/mol. The van der Waals surface area contributed by atoms with Crippen LogP contribution in [0.3, 0.4) is 0 Å². The molecular weight excluding hydrogens is 386 g/mol. The maximum atomic E-state index is 13.9. The van der Waals surface area contributed by atoms with E-state index in [1.165, 1.54) is 36.2 Å². The molecule has 5 nitrogen and oxygen atoms in total. The quantitative estimate of drug-likeness (QED) is 0.587. The van der Waals surface area contributed by atoms with Crippen LogP contribution < -0.4 is 4.74 Å². The zero-order valence-corrected chi connectivity index (χ0v) is 15.7. The summed E-state index contributed by atoms with van der Waals surface area (Å²) in [6, 6.07) is 10.7. The largest absolute Gasteiger partial charge is 0.482 e. The number of hydrogen-bond donors (Lipinski definition) is 1. The minimum atomic E-state index is -1.04. The molecule has 0 saturated heterocycles. The van der Waals surface area contributed by atoms with Crippen LogP contribution in [0, 0.1) is 18.6 Å². The highest BCUT2D eigenvalue weighted by molar-refractivity contribution is 7.98. The van der Waals surface area contributed by atoms with Crippen molar-refractivity contribution in [2.24, 2.45) is 0 Å². The molecule has 0 saturated carbocycles. The van der Waals surface area contributed by atoms with Crippen LogP contribution in [0.1, 0.15) is 11.3 Å². The van der Waals surface area contributed by atoms with Crippen molar-refractivity contribution in [3.63, 3.8) is 0 Å². The van der Waals surface area contributed by atoms with E-state index in [4.69, 9.17) is 9.84 Å². The predicted molar refractivity (Wildman–Crippen MR) is 101 cm³/mol. The molecule has 0 atom stereocenters. The zero-order valence-electron chi connectivity index (χ0n) is 14.9. The summed E-state index contributed by atoms with van der Waals surface area (Å²) in [4.78, 5) is 19.8. The third-order valence-corrected chi connectivity index (χ3v) is 4.81. The Bertz CT molecular complexity index is 994. The fraction of sp³-hybridized carbons (Fsp3) is 0.150. The molecule has 0 unspecified atom stereocenters. The summed E-state index contributed by atoms with van der Waals surface area (Å²) in [5.74, 6) is -1.48. The molecule has 3 aromatic rings. The molecule has 144 valence electrons. The number of carbonyl (C=O) groups is 1. The van der Waals surface area contributed by atoms with E-state index in [1.807, 2.05) is 19.1 Å². The van der Waals surface area contributed by atoms with E-state index < -0.39 is 24.2 Å². The van der Waals surface area contributed by atoms with Crippen LogP contribution in [0.2, 0.25) is 0 Å². The molecule has 2 aromatic carbocycles. The summed E-state index contributed by atoms with van der Waals surface area (Å²) in [7, 11) is 0. The SMILES string of the molecule is Cc1cc(SCc2ccnc(-c3c(F)cccc3F)n2)ccc1OCC(=O)O. The van der Waals surface area contributed by atoms with Gasteiger partial charge in [0, 0.05) is 16.8 Å². The molecule has 0 bridgehead atoms. The Kier molecular flexibility index (Phi) is 6.20. The topological polar surface area (TPSA) is 72.3 Å². The summed E-state index contributed by atoms with van der Waals surface area (Å²) in [5, 5.41) is 8.68. The van der Waals surface area contributed by atoms with Gasteiger partial charge >= 0.3 is 5.97 Å². The Balaban J connectivity index is 1.72. The van der Waals surface area contributed by atoms with Gasteiger partial charge in [0.15, 0.2) is 12.4 Å². The fourth-order valence-corrected chi connectivity index (χ4v) is 3.38. The van der Waals surface area contributed by atoms with Gasteiger partial charge in [0.2, 0.25) is 0 Å². The molecule has 0 aliphatic carbocycles. The Labute approximate surface area is 164 Å². The highest BCUT2D eigenvalue weighted by Gasteiger charge is 2.14. The Hall–Kier alpha value is -3.00. The second-order valence-electron chi connectivity index (χ2n) is 5.87. The number of thioether (sulfide) groups is 1. The number of aryl methyl sites for hydroxylation is 1. The van der Waals surface area contributed by atoms with Crippen LogP contribution in [-0.4, -0.2) is 27.7 Å². The van der Waals surface area contributed by atoms with E-state index in [2.05, 4.69) is 9.97 Å². The highest BCUT2D eigenvalue weighted by atomic mass is 32.2. The first-order valence-electron chi connectivity index (χ1n) is 8.28. The van der Waals surface area contributed by atoms with Crippen molar-refractivity contribution in [1.82, 2.24) is 9.97 Å². The Morgan fingerprint density at radius 3 is 2.61 bits per heavy atom. The number of rotatable bonds is 7. The minimum Gasteiger partial charge on any atom is -0.482 e. The smallest absolute Gasteiger partial charge is 0.341 e. The monoisotopic (exact) mass is 402 g/mol. The number of ether oxygens (including phenoxy) is 1. The van der Waals surface area contributed by atoms with Crippen molar-refractivity contribution in [1.29, 1.82) is 0 Å². The average Bonchev–Trinajstić information content (AvgIpc) is 2.66. The maximum Gasteiger partial charge on any atom is 0.341 e. The first-order chi connectivity index (χ1) is 13.4. The molecule has 1 N–H and O–H groups in total. The third-order valence-electron chi connectivity index (χ3n) is 3.78. The van der Waals surface area contributed by atoms with E-state index in [0.717, 1.165) is 10.5 Å². The summed E-state index contributed by atoms with van der Waals surface area (Å²) < 4.78 is 33.1. The number of hydrogen-bond acceptors (Lipinski definition) is 5. The lowest BCUT2D eigenvalue weighted by Gasteiger charge is -2.09. The van der Waals surface area contributed by atoms with E-state index in [1.54, 1.807) is 12.1 Å². The molecule has 0 aliphatic rings. The molecular formula is C20H16F2N2O3S. The summed E-state index contributed by atoms with van der Waals surface area (Å²) in [5.41, 5.74) is 1.19. The molecule has 0 amide bonds. The van der Waals surface area contributed by atoms with Gasteiger partial charge in [-0.15, -0.1) is 11.8 Å². The number of carboxylic acid groups (broad SMARTS) is 1. The van der Waals surface area contributed by atoms with Crippen molar-refractivity contribution in [3.8, 4) is 17.1 Å². The first kappa shape index (κ1) is 19.8. The van der Waals surface area contributed by atoms with Crippen LogP contribution in [0.15, 0.2) is 53.6 Å². The van der Waals surface area contributed by atoms with E-state index in [0.29, 0.717) is 17.2 Å². The molecule has 3 rings (SSSR count). The lowest BCUT2D eigenvalue weighted by molar-refractivity contribution is -0.139. The van der Waals surface area contributed by atoms with Crippen LogP contribution >= 0.6 is 11.8 Å². The van der Waals surface area contributed by atoms with Crippen LogP contribution in [0.5, 0.6) is 5.75 Å². The minimum absolute atomic E-state index is 0.00213. The maximum absolute atomic E-state index is 13.9. The van der Waals surface area contributed by atoms with Crippen LogP contribution in [-0.2, 0) is 10.5 Å². The number of halogens is 2. The highest BCUT2D eigenvalue weighted by Crippen LogP contribution is 2.28. The Morgan fingerprint density at radius 1 is 1.18 bits per heavy atom. The van der Waals surface area contributed by atoms with E-state index in [-0.39, 0.29) is 11.4 Å². The molecule has 28 heavy (non-hydrogen) atoms. The molecule has 1 aromatic heterocycles. The van der Waals surface area contributed by atoms with E-state index in [9.17, 15) is 13.6 Å². The van der Waals surface area contributed by atoms with Crippen molar-refractivity contribution in [3.05, 3.63) is 71.6 Å². The number of benzene rings is 2. The summed E-state index contributed by atoms with van der Waals surface area (Å²) >= 11 is 1.48. The zero-order chi connectivity index (χ0) is 20.1. The van der Waals surface area contributed by atoms with Gasteiger partial charge in [-0.1, -0.05) is 6.07 Å². The Morgan fingerprint density at radius 2 is 1.93 bits per heavy atom. The number of aromatic nitrogens is 2. The second kappa shape index (κ2) is 8.79. The first-order valence-corrected chi connectivity index (χ1v) is 9.27. The van der Waals surface area contributed by atoms with Gasteiger partial charge < -0.3 is 9.84 Å². The van der Waals surface area contributed by atoms with Gasteiger partial charge in [-0.05, 0) is 48.9 Å². The number of aliphatic carboxylic acids is 1. The molecule has 1 heterocycles. The van der Waals surface area contributed by atoms with Gasteiger partial charge in [0.25, 0.3) is 0 Å². The van der Waals surface area contributed by atoms with Crippen molar-refractivity contribution in [2.75, 3.05) is 6.61 Å². The third kappa shape index (κ3) is 4.83. The summed E-state index contributed by atoms with van der Waals surface area (Å²) in [6.45, 7) is 1.43. The van der Waals surface area contributed by atoms with Gasteiger partial charge in [0.05, 0.1) is 11.3 Å². The second-order valence-corrected chi connectivity index (χ2v) is 6.92. The van der Waals surface area contributed by atoms with Crippen molar-refractivity contribution >= 4 is 17.7 Å². The number of carboxylic acids is 1. The molecule has 0 aliphatic heterocycles. The standard InChI is InChI=1S/C20H16F2N2O3S/c1-12-9-14(5-6-17(12)27-10-18(25)26)28-11-13-7-8-23-20(24-13)19-15(21)3-2-4-16(19)22/h2-9H,10-11H2,1H3,(H,25,26). The summed E-state index contributed by atoms with van der Waals surface area (Å²) in [6.07, 6.45) is 1.47. The predicted octanol–water partition coefficient (Wildman–Crippen LogP) is 4.49. The van der Waals surface area contributed by atoms with Gasteiger partial charge in [0.1, 0.15) is 17.4 Å². The molecule has 0 radical (unpaired) electrons. The molecule has 0 spiro atoms. The lowest BCUT2D eigenvalue weighted by Crippen LogP contribution is -2.09. The molecule has 0 fully saturated rings. The normalized spacial score (nSPS) is 10.7. The van der Waals surface area contributed by atoms with Gasteiger partial charge in [-0.25, -0.2) is 23.5 Å². The number of nitrogens with zero attached hydrogens (tertiary/aromatic N) is 2. The lowest BCUT2D eigenvalue weighted by atomic mass is 10.2. The van der Waals surface area contributed by atoms with Crippen molar-refractivity contribution in [2.45, 2.75) is 17.6 Å². The van der Waals surface area contributed by atoms with Crippen LogP contribution in [0.25, 0.3) is 11.4 Å². The van der Waals surface area contributed by atoms with Crippen LogP contribution in [0.4, 0.5) is 8.78 Å². The van der Waals surface area contributed by atoms with Crippen molar-refractivity contribution < 1.29 is 23.4 Å².